The maximum Gasteiger partial charge on any atom is 0.293 e. The van der Waals surface area contributed by atoms with E-state index in [1.807, 2.05) is 29.2 Å². The van der Waals surface area contributed by atoms with Gasteiger partial charge in [0, 0.05) is 49.2 Å². The van der Waals surface area contributed by atoms with Crippen molar-refractivity contribution >= 4 is 46.0 Å². The number of nitro groups is 1. The second-order valence-electron chi connectivity index (χ2n) is 9.13. The molecule has 8 nitrogen and oxygen atoms in total. The Bertz CT molecular complexity index is 1050. The molecular formula is C25H31N5O3S. The van der Waals surface area contributed by atoms with Crippen LogP contribution in [0, 0.1) is 16.0 Å². The summed E-state index contributed by atoms with van der Waals surface area (Å²) in [6.45, 7) is 5.99. The van der Waals surface area contributed by atoms with Crippen LogP contribution < -0.4 is 20.4 Å². The Morgan fingerprint density at radius 1 is 1.00 bits per heavy atom. The van der Waals surface area contributed by atoms with Gasteiger partial charge in [-0.2, -0.15) is 0 Å². The van der Waals surface area contributed by atoms with Gasteiger partial charge in [-0.25, -0.2) is 0 Å². The van der Waals surface area contributed by atoms with Gasteiger partial charge in [0.15, 0.2) is 5.11 Å². The van der Waals surface area contributed by atoms with Gasteiger partial charge < -0.3 is 15.1 Å². The number of thiocarbonyl (C=S) groups is 1. The van der Waals surface area contributed by atoms with E-state index in [-0.39, 0.29) is 16.4 Å². The number of amides is 1. The van der Waals surface area contributed by atoms with Gasteiger partial charge in [0.25, 0.3) is 11.6 Å². The summed E-state index contributed by atoms with van der Waals surface area (Å²) in [7, 11) is 0. The van der Waals surface area contributed by atoms with Crippen LogP contribution in [-0.4, -0.2) is 42.1 Å². The van der Waals surface area contributed by atoms with E-state index in [2.05, 4.69) is 22.5 Å². The molecule has 2 aromatic carbocycles. The Morgan fingerprint density at radius 2 is 1.68 bits per heavy atom. The quantitative estimate of drug-likeness (QED) is 0.355. The van der Waals surface area contributed by atoms with Gasteiger partial charge in [-0.15, -0.1) is 0 Å². The summed E-state index contributed by atoms with van der Waals surface area (Å²) < 4.78 is 0. The molecule has 0 spiro atoms. The van der Waals surface area contributed by atoms with E-state index in [0.29, 0.717) is 5.69 Å². The largest absolute Gasteiger partial charge is 0.372 e. The van der Waals surface area contributed by atoms with Gasteiger partial charge >= 0.3 is 0 Å². The molecule has 2 N–H and O–H groups in total. The first-order chi connectivity index (χ1) is 16.4. The van der Waals surface area contributed by atoms with Crippen molar-refractivity contribution in [1.29, 1.82) is 0 Å². The summed E-state index contributed by atoms with van der Waals surface area (Å²) in [4.78, 5) is 28.3. The monoisotopic (exact) mass is 481 g/mol. The Kier molecular flexibility index (Phi) is 7.62. The lowest BCUT2D eigenvalue weighted by molar-refractivity contribution is -0.384. The normalized spacial score (nSPS) is 16.7. The Hall–Kier alpha value is -3.20. The fraction of sp³-hybridized carbons (Fsp3) is 0.440. The zero-order valence-electron chi connectivity index (χ0n) is 19.5. The molecule has 0 atom stereocenters. The molecule has 9 heteroatoms. The van der Waals surface area contributed by atoms with Gasteiger partial charge in [-0.05, 0) is 86.6 Å². The highest BCUT2D eigenvalue weighted by atomic mass is 32.1. The fourth-order valence-electron chi connectivity index (χ4n) is 4.57. The molecule has 2 saturated heterocycles. The minimum atomic E-state index is -0.482. The minimum absolute atomic E-state index is 0.0591. The topological polar surface area (TPSA) is 90.8 Å². The van der Waals surface area contributed by atoms with E-state index in [1.165, 1.54) is 24.6 Å². The van der Waals surface area contributed by atoms with Crippen LogP contribution in [0.25, 0.3) is 0 Å². The third kappa shape index (κ3) is 5.83. The van der Waals surface area contributed by atoms with E-state index in [0.717, 1.165) is 57.0 Å². The molecule has 0 radical (unpaired) electrons. The highest BCUT2D eigenvalue weighted by Gasteiger charge is 2.23. The van der Waals surface area contributed by atoms with Crippen molar-refractivity contribution in [3.05, 3.63) is 58.1 Å². The van der Waals surface area contributed by atoms with Gasteiger partial charge in [-0.1, -0.05) is 6.92 Å². The van der Waals surface area contributed by atoms with Crippen LogP contribution in [0.15, 0.2) is 42.5 Å². The number of nitro benzene ring substituents is 1. The fourth-order valence-corrected chi connectivity index (χ4v) is 4.78. The van der Waals surface area contributed by atoms with Gasteiger partial charge in [0.1, 0.15) is 5.69 Å². The lowest BCUT2D eigenvalue weighted by Gasteiger charge is -2.32. The minimum Gasteiger partial charge on any atom is -0.372 e. The summed E-state index contributed by atoms with van der Waals surface area (Å²) >= 11 is 5.30. The molecule has 2 aromatic rings. The van der Waals surface area contributed by atoms with Gasteiger partial charge in [0.05, 0.1) is 4.92 Å². The molecule has 0 unspecified atom stereocenters. The average molecular weight is 482 g/mol. The summed E-state index contributed by atoms with van der Waals surface area (Å²) in [6.07, 6.45) is 5.56. The van der Waals surface area contributed by atoms with Crippen molar-refractivity contribution in [1.82, 2.24) is 5.32 Å². The molecule has 1 amide bonds. The molecule has 2 aliphatic heterocycles. The molecule has 0 saturated carbocycles. The van der Waals surface area contributed by atoms with Crippen molar-refractivity contribution < 1.29 is 9.72 Å². The van der Waals surface area contributed by atoms with Crippen LogP contribution in [-0.2, 0) is 0 Å². The van der Waals surface area contributed by atoms with Crippen LogP contribution in [0.2, 0.25) is 0 Å². The molecule has 2 fully saturated rings. The number of carbonyl (C=O) groups is 1. The van der Waals surface area contributed by atoms with Crippen molar-refractivity contribution in [3.63, 3.8) is 0 Å². The molecule has 2 heterocycles. The predicted molar refractivity (Wildman–Crippen MR) is 140 cm³/mol. The number of nitrogens with one attached hydrogen (secondary N) is 2. The summed E-state index contributed by atoms with van der Waals surface area (Å²) in [5, 5.41) is 17.5. The van der Waals surface area contributed by atoms with E-state index in [9.17, 15) is 14.9 Å². The number of piperidine rings is 2. The second-order valence-corrected chi connectivity index (χ2v) is 9.54. The lowest BCUT2D eigenvalue weighted by Crippen LogP contribution is -2.34. The summed E-state index contributed by atoms with van der Waals surface area (Å²) in [6, 6.07) is 12.6. The van der Waals surface area contributed by atoms with E-state index < -0.39 is 10.8 Å². The Labute approximate surface area is 205 Å². The number of hydrogen-bond donors (Lipinski definition) is 2. The second kappa shape index (κ2) is 10.8. The zero-order chi connectivity index (χ0) is 24.1. The molecule has 0 bridgehead atoms. The van der Waals surface area contributed by atoms with Crippen LogP contribution in [0.4, 0.5) is 22.7 Å². The van der Waals surface area contributed by atoms with Gasteiger partial charge in [-0.3, -0.25) is 20.2 Å². The molecule has 180 valence electrons. The van der Waals surface area contributed by atoms with Crippen LogP contribution in [0.5, 0.6) is 0 Å². The number of carbonyl (C=O) groups excluding carboxylic acids is 1. The maximum atomic E-state index is 12.7. The Balaban J connectivity index is 1.37. The molecule has 2 aliphatic rings. The third-order valence-electron chi connectivity index (χ3n) is 6.63. The zero-order valence-corrected chi connectivity index (χ0v) is 20.3. The van der Waals surface area contributed by atoms with E-state index in [1.54, 1.807) is 12.1 Å². The number of benzene rings is 2. The molecule has 34 heavy (non-hydrogen) atoms. The first kappa shape index (κ1) is 23.9. The lowest BCUT2D eigenvalue weighted by atomic mass is 9.99. The van der Waals surface area contributed by atoms with Gasteiger partial charge in [0.2, 0.25) is 0 Å². The summed E-state index contributed by atoms with van der Waals surface area (Å²) in [5.74, 6) is 0.297. The smallest absolute Gasteiger partial charge is 0.293 e. The Morgan fingerprint density at radius 3 is 2.32 bits per heavy atom. The number of hydrogen-bond acceptors (Lipinski definition) is 6. The highest BCUT2D eigenvalue weighted by molar-refractivity contribution is 7.80. The highest BCUT2D eigenvalue weighted by Crippen LogP contribution is 2.31. The first-order valence-corrected chi connectivity index (χ1v) is 12.3. The molecular weight excluding hydrogens is 450 g/mol. The molecule has 0 aromatic heterocycles. The van der Waals surface area contributed by atoms with Crippen molar-refractivity contribution in [3.8, 4) is 0 Å². The van der Waals surface area contributed by atoms with E-state index >= 15 is 0 Å². The van der Waals surface area contributed by atoms with Crippen molar-refractivity contribution in [2.45, 2.75) is 39.0 Å². The molecule has 4 rings (SSSR count). The summed E-state index contributed by atoms with van der Waals surface area (Å²) in [5.41, 5.74) is 2.65. The van der Waals surface area contributed by atoms with Crippen LogP contribution >= 0.6 is 12.2 Å². The molecule has 0 aliphatic carbocycles. The van der Waals surface area contributed by atoms with Crippen molar-refractivity contribution in [2.24, 2.45) is 5.92 Å². The standard InChI is InChI=1S/C25H31N5O3S/c1-18-11-15-28(16-12-18)21-8-6-20(7-9-21)26-25(34)27-24(31)19-5-10-22(23(17-19)30(32)33)29-13-3-2-4-14-29/h5-10,17-18H,2-4,11-16H2,1H3,(H2,26,27,31,34). The van der Waals surface area contributed by atoms with Crippen LogP contribution in [0.3, 0.4) is 0 Å². The number of nitrogens with zero attached hydrogens (tertiary/aromatic N) is 3. The first-order valence-electron chi connectivity index (χ1n) is 11.9. The third-order valence-corrected chi connectivity index (χ3v) is 6.84. The van der Waals surface area contributed by atoms with E-state index in [4.69, 9.17) is 12.2 Å². The SMILES string of the molecule is CC1CCN(c2ccc(NC(=S)NC(=O)c3ccc(N4CCCCC4)c([N+](=O)[O-])c3)cc2)CC1. The number of anilines is 3. The van der Waals surface area contributed by atoms with Crippen LogP contribution in [0.1, 0.15) is 49.4 Å². The predicted octanol–water partition coefficient (Wildman–Crippen LogP) is 4.95. The maximum absolute atomic E-state index is 12.7. The van der Waals surface area contributed by atoms with Crippen molar-refractivity contribution in [2.75, 3.05) is 41.3 Å². The average Bonchev–Trinajstić information content (AvgIpc) is 2.85. The number of rotatable bonds is 5.